The topological polar surface area (TPSA) is 50.2 Å². The molecular formula is C16H11N3O. The predicted molar refractivity (Wildman–Crippen MR) is 78.8 cm³/mol. The predicted octanol–water partition coefficient (Wildman–Crippen LogP) is 2.84. The van der Waals surface area contributed by atoms with Crippen LogP contribution >= 0.6 is 0 Å². The maximum Gasteiger partial charge on any atom is 0.275 e. The summed E-state index contributed by atoms with van der Waals surface area (Å²) in [6.07, 6.45) is 3.87. The fraction of sp³-hybridized carbons (Fsp3) is 0. The van der Waals surface area contributed by atoms with Gasteiger partial charge in [0.2, 0.25) is 0 Å². The average molecular weight is 261 g/mol. The van der Waals surface area contributed by atoms with Gasteiger partial charge < -0.3 is 9.38 Å². The molecule has 4 nitrogen and oxygen atoms in total. The van der Waals surface area contributed by atoms with Gasteiger partial charge in [-0.25, -0.2) is 4.98 Å². The van der Waals surface area contributed by atoms with Crippen molar-refractivity contribution in [3.8, 4) is 11.3 Å². The van der Waals surface area contributed by atoms with E-state index < -0.39 is 0 Å². The molecular weight excluding hydrogens is 250 g/mol. The van der Waals surface area contributed by atoms with E-state index in [2.05, 4.69) is 9.97 Å². The van der Waals surface area contributed by atoms with Crippen molar-refractivity contribution < 1.29 is 0 Å². The molecule has 3 aromatic heterocycles. The van der Waals surface area contributed by atoms with Gasteiger partial charge in [0, 0.05) is 23.5 Å². The van der Waals surface area contributed by atoms with Gasteiger partial charge in [0.15, 0.2) is 0 Å². The molecule has 0 atom stereocenters. The summed E-state index contributed by atoms with van der Waals surface area (Å²) in [5.41, 5.74) is 3.69. The third-order valence-electron chi connectivity index (χ3n) is 3.38. The second-order valence-corrected chi connectivity index (χ2v) is 4.69. The standard InChI is InChI=1S/C16H11N3O/c20-16-15(17-13-6-1-2-7-14(13)18-16)11-9-12-5-3-4-8-19(12)10-11/h1-10H,(H,18,20). The summed E-state index contributed by atoms with van der Waals surface area (Å²) in [7, 11) is 0. The molecule has 20 heavy (non-hydrogen) atoms. The number of nitrogens with one attached hydrogen (secondary N) is 1. The Hall–Kier alpha value is -2.88. The zero-order valence-corrected chi connectivity index (χ0v) is 10.6. The molecule has 96 valence electrons. The van der Waals surface area contributed by atoms with E-state index in [0.29, 0.717) is 5.69 Å². The fourth-order valence-electron chi connectivity index (χ4n) is 2.41. The molecule has 4 heteroatoms. The van der Waals surface area contributed by atoms with Gasteiger partial charge in [0.1, 0.15) is 5.69 Å². The lowest BCUT2D eigenvalue weighted by Gasteiger charge is -1.99. The van der Waals surface area contributed by atoms with Gasteiger partial charge in [-0.3, -0.25) is 4.79 Å². The van der Waals surface area contributed by atoms with Crippen molar-refractivity contribution in [2.75, 3.05) is 0 Å². The van der Waals surface area contributed by atoms with Gasteiger partial charge in [-0.05, 0) is 30.3 Å². The minimum absolute atomic E-state index is 0.167. The van der Waals surface area contributed by atoms with Crippen molar-refractivity contribution in [1.82, 2.24) is 14.4 Å². The second kappa shape index (κ2) is 4.06. The van der Waals surface area contributed by atoms with Crippen LogP contribution in [0.1, 0.15) is 0 Å². The molecule has 0 bridgehead atoms. The summed E-state index contributed by atoms with van der Waals surface area (Å²) in [6, 6.07) is 15.4. The maximum absolute atomic E-state index is 12.2. The van der Waals surface area contributed by atoms with Crippen LogP contribution in [0.2, 0.25) is 0 Å². The van der Waals surface area contributed by atoms with Crippen LogP contribution in [0.15, 0.2) is 65.7 Å². The Balaban J connectivity index is 2.01. The van der Waals surface area contributed by atoms with Gasteiger partial charge in [-0.15, -0.1) is 0 Å². The van der Waals surface area contributed by atoms with Gasteiger partial charge >= 0.3 is 0 Å². The SMILES string of the molecule is O=c1[nH]c2ccccc2nc1-c1cc2ccccn2c1. The first kappa shape index (κ1) is 11.0. The molecule has 1 N–H and O–H groups in total. The Morgan fingerprint density at radius 1 is 1.05 bits per heavy atom. The van der Waals surface area contributed by atoms with Crippen LogP contribution in [0.4, 0.5) is 0 Å². The number of pyridine rings is 1. The molecule has 1 aromatic carbocycles. The van der Waals surface area contributed by atoms with Crippen LogP contribution in [0.25, 0.3) is 27.8 Å². The van der Waals surface area contributed by atoms with Crippen molar-refractivity contribution in [2.24, 2.45) is 0 Å². The highest BCUT2D eigenvalue weighted by Crippen LogP contribution is 2.19. The molecule has 0 aliphatic rings. The number of nitrogens with zero attached hydrogens (tertiary/aromatic N) is 2. The van der Waals surface area contributed by atoms with E-state index in [-0.39, 0.29) is 5.56 Å². The summed E-state index contributed by atoms with van der Waals surface area (Å²) in [5.74, 6) is 0. The van der Waals surface area contributed by atoms with Crippen LogP contribution in [0.5, 0.6) is 0 Å². The van der Waals surface area contributed by atoms with Crippen molar-refractivity contribution in [2.45, 2.75) is 0 Å². The monoisotopic (exact) mass is 261 g/mol. The minimum Gasteiger partial charge on any atom is -0.323 e. The van der Waals surface area contributed by atoms with Gasteiger partial charge in [-0.2, -0.15) is 0 Å². The van der Waals surface area contributed by atoms with E-state index in [0.717, 1.165) is 22.1 Å². The van der Waals surface area contributed by atoms with Crippen LogP contribution in [-0.4, -0.2) is 14.4 Å². The number of aromatic nitrogens is 3. The average Bonchev–Trinajstić information content (AvgIpc) is 2.90. The number of aromatic amines is 1. The molecule has 0 aliphatic carbocycles. The molecule has 0 radical (unpaired) electrons. The zero-order chi connectivity index (χ0) is 13.5. The van der Waals surface area contributed by atoms with E-state index in [1.165, 1.54) is 0 Å². The molecule has 0 amide bonds. The lowest BCUT2D eigenvalue weighted by atomic mass is 10.2. The molecule has 0 saturated heterocycles. The van der Waals surface area contributed by atoms with Crippen molar-refractivity contribution in [1.29, 1.82) is 0 Å². The normalized spacial score (nSPS) is 11.2. The molecule has 0 spiro atoms. The molecule has 0 aliphatic heterocycles. The fourth-order valence-corrected chi connectivity index (χ4v) is 2.41. The summed E-state index contributed by atoms with van der Waals surface area (Å²) >= 11 is 0. The maximum atomic E-state index is 12.2. The van der Waals surface area contributed by atoms with Crippen LogP contribution in [0.3, 0.4) is 0 Å². The summed E-state index contributed by atoms with van der Waals surface area (Å²) in [4.78, 5) is 19.5. The Labute approximate surface area is 114 Å². The third-order valence-corrected chi connectivity index (χ3v) is 3.38. The van der Waals surface area contributed by atoms with Gasteiger partial charge in [0.05, 0.1) is 11.0 Å². The van der Waals surface area contributed by atoms with Crippen LogP contribution < -0.4 is 5.56 Å². The molecule has 0 saturated carbocycles. The summed E-state index contributed by atoms with van der Waals surface area (Å²) < 4.78 is 1.98. The number of para-hydroxylation sites is 2. The smallest absolute Gasteiger partial charge is 0.275 e. The van der Waals surface area contributed by atoms with Crippen molar-refractivity contribution in [3.63, 3.8) is 0 Å². The quantitative estimate of drug-likeness (QED) is 0.573. The number of rotatable bonds is 1. The number of hydrogen-bond donors (Lipinski definition) is 1. The first-order chi connectivity index (χ1) is 9.81. The molecule has 0 unspecified atom stereocenters. The van der Waals surface area contributed by atoms with E-state index >= 15 is 0 Å². The second-order valence-electron chi connectivity index (χ2n) is 4.69. The van der Waals surface area contributed by atoms with E-state index in [4.69, 9.17) is 0 Å². The lowest BCUT2D eigenvalue weighted by Crippen LogP contribution is -2.10. The molecule has 4 aromatic rings. The third kappa shape index (κ3) is 1.62. The molecule has 3 heterocycles. The number of hydrogen-bond acceptors (Lipinski definition) is 2. The first-order valence-electron chi connectivity index (χ1n) is 6.37. The highest BCUT2D eigenvalue weighted by molar-refractivity contribution is 5.77. The van der Waals surface area contributed by atoms with E-state index in [1.807, 2.05) is 65.3 Å². The number of fused-ring (bicyclic) bond motifs is 2. The van der Waals surface area contributed by atoms with Crippen molar-refractivity contribution >= 4 is 16.6 Å². The van der Waals surface area contributed by atoms with Gasteiger partial charge in [0.25, 0.3) is 5.56 Å². The molecule has 4 rings (SSSR count). The Bertz CT molecular complexity index is 949. The van der Waals surface area contributed by atoms with E-state index in [1.54, 1.807) is 0 Å². The lowest BCUT2D eigenvalue weighted by molar-refractivity contribution is 1.19. The highest BCUT2D eigenvalue weighted by atomic mass is 16.1. The van der Waals surface area contributed by atoms with Crippen LogP contribution in [-0.2, 0) is 0 Å². The largest absolute Gasteiger partial charge is 0.323 e. The number of benzene rings is 1. The Morgan fingerprint density at radius 2 is 1.90 bits per heavy atom. The number of H-pyrrole nitrogens is 1. The highest BCUT2D eigenvalue weighted by Gasteiger charge is 2.09. The summed E-state index contributed by atoms with van der Waals surface area (Å²) in [6.45, 7) is 0. The van der Waals surface area contributed by atoms with Gasteiger partial charge in [-0.1, -0.05) is 18.2 Å². The Kier molecular flexibility index (Phi) is 2.23. The van der Waals surface area contributed by atoms with E-state index in [9.17, 15) is 4.79 Å². The molecule has 0 fully saturated rings. The van der Waals surface area contributed by atoms with Crippen LogP contribution in [0, 0.1) is 0 Å². The Morgan fingerprint density at radius 3 is 2.80 bits per heavy atom. The van der Waals surface area contributed by atoms with Crippen molar-refractivity contribution in [3.05, 3.63) is 71.3 Å². The zero-order valence-electron chi connectivity index (χ0n) is 10.6. The summed E-state index contributed by atoms with van der Waals surface area (Å²) in [5, 5.41) is 0. The first-order valence-corrected chi connectivity index (χ1v) is 6.37. The minimum atomic E-state index is -0.167.